The predicted octanol–water partition coefficient (Wildman–Crippen LogP) is -1.27. The van der Waals surface area contributed by atoms with E-state index in [-0.39, 0.29) is 24.0 Å². The smallest absolute Gasteiger partial charge is 0.0623 e. The zero-order chi connectivity index (χ0) is 5.82. The standard InChI is InChI=1S/C7H7N.HI/c1-2-7-5-3-4-6-8-7;/h2-6H,1H2;1H/p-1. The molecule has 1 aromatic heterocycles. The van der Waals surface area contributed by atoms with E-state index in [0.29, 0.717) is 0 Å². The second-order valence-corrected chi connectivity index (χ2v) is 1.46. The lowest BCUT2D eigenvalue weighted by atomic mass is 10.4. The Hall–Kier alpha value is -0.380. The maximum atomic E-state index is 3.98. The van der Waals surface area contributed by atoms with Crippen LogP contribution in [0.2, 0.25) is 0 Å². The molecule has 0 saturated heterocycles. The van der Waals surface area contributed by atoms with Gasteiger partial charge < -0.3 is 24.0 Å². The van der Waals surface area contributed by atoms with Crippen molar-refractivity contribution >= 4 is 6.08 Å². The van der Waals surface area contributed by atoms with Crippen molar-refractivity contribution in [1.29, 1.82) is 0 Å². The molecule has 0 atom stereocenters. The minimum atomic E-state index is 0. The number of hydrogen-bond acceptors (Lipinski definition) is 1. The van der Waals surface area contributed by atoms with Gasteiger partial charge in [0.15, 0.2) is 0 Å². The number of pyridine rings is 1. The first-order valence-corrected chi connectivity index (χ1v) is 2.47. The van der Waals surface area contributed by atoms with Gasteiger partial charge in [-0.3, -0.25) is 4.98 Å². The average Bonchev–Trinajstić information content (AvgIpc) is 1.90. The Balaban J connectivity index is 0.000000640. The monoisotopic (exact) mass is 232 g/mol. The van der Waals surface area contributed by atoms with Crippen molar-refractivity contribution < 1.29 is 24.0 Å². The molecule has 0 spiro atoms. The van der Waals surface area contributed by atoms with Crippen LogP contribution < -0.4 is 24.0 Å². The van der Waals surface area contributed by atoms with Crippen LogP contribution in [0.1, 0.15) is 5.69 Å². The quantitative estimate of drug-likeness (QED) is 0.550. The molecule has 0 N–H and O–H groups in total. The SMILES string of the molecule is C=Cc1ccccn1.[I-]. The van der Waals surface area contributed by atoms with E-state index in [1.165, 1.54) is 0 Å². The van der Waals surface area contributed by atoms with Gasteiger partial charge in [0.2, 0.25) is 0 Å². The molecule has 0 amide bonds. The summed E-state index contributed by atoms with van der Waals surface area (Å²) in [5.41, 5.74) is 0.924. The summed E-state index contributed by atoms with van der Waals surface area (Å²) < 4.78 is 0. The third-order valence-electron chi connectivity index (χ3n) is 0.897. The topological polar surface area (TPSA) is 12.9 Å². The van der Waals surface area contributed by atoms with Crippen molar-refractivity contribution in [3.63, 3.8) is 0 Å². The third-order valence-corrected chi connectivity index (χ3v) is 0.897. The van der Waals surface area contributed by atoms with Crippen molar-refractivity contribution in [2.75, 3.05) is 0 Å². The number of rotatable bonds is 1. The fraction of sp³-hybridized carbons (Fsp3) is 0. The number of aromatic nitrogens is 1. The zero-order valence-electron chi connectivity index (χ0n) is 4.92. The summed E-state index contributed by atoms with van der Waals surface area (Å²) in [5, 5.41) is 0. The van der Waals surface area contributed by atoms with Crippen LogP contribution in [0.25, 0.3) is 6.08 Å². The highest BCUT2D eigenvalue weighted by Crippen LogP contribution is 1.91. The molecule has 0 aliphatic carbocycles. The van der Waals surface area contributed by atoms with Gasteiger partial charge in [0.25, 0.3) is 0 Å². The summed E-state index contributed by atoms with van der Waals surface area (Å²) in [6, 6.07) is 5.73. The van der Waals surface area contributed by atoms with Gasteiger partial charge in [0.05, 0.1) is 5.69 Å². The molecule has 0 aliphatic heterocycles. The fourth-order valence-electron chi connectivity index (χ4n) is 0.497. The van der Waals surface area contributed by atoms with Gasteiger partial charge in [-0.25, -0.2) is 0 Å². The van der Waals surface area contributed by atoms with Gasteiger partial charge in [0.1, 0.15) is 0 Å². The zero-order valence-corrected chi connectivity index (χ0v) is 7.08. The van der Waals surface area contributed by atoms with Crippen molar-refractivity contribution in [3.05, 3.63) is 36.7 Å². The van der Waals surface area contributed by atoms with E-state index in [9.17, 15) is 0 Å². The van der Waals surface area contributed by atoms with Gasteiger partial charge in [-0.05, 0) is 18.2 Å². The van der Waals surface area contributed by atoms with Gasteiger partial charge in [-0.2, -0.15) is 0 Å². The van der Waals surface area contributed by atoms with Gasteiger partial charge >= 0.3 is 0 Å². The Bertz CT molecular complexity index is 172. The number of hydrogen-bond donors (Lipinski definition) is 0. The van der Waals surface area contributed by atoms with E-state index >= 15 is 0 Å². The van der Waals surface area contributed by atoms with Gasteiger partial charge in [-0.1, -0.05) is 12.6 Å². The maximum absolute atomic E-state index is 3.98. The van der Waals surface area contributed by atoms with Crippen LogP contribution >= 0.6 is 0 Å². The van der Waals surface area contributed by atoms with Crippen LogP contribution in [0.3, 0.4) is 0 Å². The summed E-state index contributed by atoms with van der Waals surface area (Å²) in [5.74, 6) is 0. The van der Waals surface area contributed by atoms with Crippen LogP contribution in [0.15, 0.2) is 31.0 Å². The molecule has 1 aromatic rings. The van der Waals surface area contributed by atoms with Crippen molar-refractivity contribution in [2.45, 2.75) is 0 Å². The lowest BCUT2D eigenvalue weighted by Gasteiger charge is -1.84. The largest absolute Gasteiger partial charge is 1.00 e. The average molecular weight is 232 g/mol. The van der Waals surface area contributed by atoms with Crippen molar-refractivity contribution in [3.8, 4) is 0 Å². The summed E-state index contributed by atoms with van der Waals surface area (Å²) >= 11 is 0. The molecule has 9 heavy (non-hydrogen) atoms. The Morgan fingerprint density at radius 2 is 2.22 bits per heavy atom. The molecule has 1 nitrogen and oxygen atoms in total. The van der Waals surface area contributed by atoms with Crippen LogP contribution in [-0.4, -0.2) is 4.98 Å². The van der Waals surface area contributed by atoms with Crippen molar-refractivity contribution in [1.82, 2.24) is 4.98 Å². The molecule has 2 heteroatoms. The number of nitrogens with zero attached hydrogens (tertiary/aromatic N) is 1. The van der Waals surface area contributed by atoms with Crippen LogP contribution in [-0.2, 0) is 0 Å². The van der Waals surface area contributed by atoms with Crippen LogP contribution in [0.5, 0.6) is 0 Å². The van der Waals surface area contributed by atoms with Crippen molar-refractivity contribution in [2.24, 2.45) is 0 Å². The summed E-state index contributed by atoms with van der Waals surface area (Å²) in [6.45, 7) is 3.57. The molecule has 0 radical (unpaired) electrons. The molecule has 0 aromatic carbocycles. The Morgan fingerprint density at radius 1 is 1.44 bits per heavy atom. The third kappa shape index (κ3) is 2.60. The van der Waals surface area contributed by atoms with E-state index in [1.807, 2.05) is 18.2 Å². The molecule has 1 heterocycles. The van der Waals surface area contributed by atoms with E-state index in [1.54, 1.807) is 12.3 Å². The molecular weight excluding hydrogens is 225 g/mol. The Kier molecular flexibility index (Phi) is 4.30. The molecule has 1 rings (SSSR count). The predicted molar refractivity (Wildman–Crippen MR) is 34.3 cm³/mol. The van der Waals surface area contributed by atoms with Crippen LogP contribution in [0.4, 0.5) is 0 Å². The Labute approximate surface area is 71.8 Å². The summed E-state index contributed by atoms with van der Waals surface area (Å²) in [6.07, 6.45) is 3.47. The summed E-state index contributed by atoms with van der Waals surface area (Å²) in [4.78, 5) is 3.98. The van der Waals surface area contributed by atoms with Gasteiger partial charge in [0, 0.05) is 6.20 Å². The molecule has 48 valence electrons. The Morgan fingerprint density at radius 3 is 2.56 bits per heavy atom. The van der Waals surface area contributed by atoms with E-state index in [0.717, 1.165) is 5.69 Å². The minimum absolute atomic E-state index is 0. The second kappa shape index (κ2) is 4.49. The molecule has 0 unspecified atom stereocenters. The highest BCUT2D eigenvalue weighted by molar-refractivity contribution is 5.40. The first-order valence-electron chi connectivity index (χ1n) is 2.47. The lowest BCUT2D eigenvalue weighted by Crippen LogP contribution is -3.00. The van der Waals surface area contributed by atoms with E-state index in [2.05, 4.69) is 11.6 Å². The molecule has 0 bridgehead atoms. The molecule has 0 aliphatic rings. The van der Waals surface area contributed by atoms with Gasteiger partial charge in [-0.15, -0.1) is 0 Å². The van der Waals surface area contributed by atoms with E-state index in [4.69, 9.17) is 0 Å². The normalized spacial score (nSPS) is 7.56. The highest BCUT2D eigenvalue weighted by atomic mass is 127. The number of halogens is 1. The first kappa shape index (κ1) is 8.62. The summed E-state index contributed by atoms with van der Waals surface area (Å²) in [7, 11) is 0. The molecule has 0 saturated carbocycles. The second-order valence-electron chi connectivity index (χ2n) is 1.46. The molecular formula is C7H7IN-. The first-order chi connectivity index (χ1) is 3.93. The highest BCUT2D eigenvalue weighted by Gasteiger charge is 1.77. The fourth-order valence-corrected chi connectivity index (χ4v) is 0.497. The maximum Gasteiger partial charge on any atom is 0.0623 e. The minimum Gasteiger partial charge on any atom is -1.00 e. The van der Waals surface area contributed by atoms with E-state index < -0.39 is 0 Å². The molecule has 0 fully saturated rings. The van der Waals surface area contributed by atoms with Crippen LogP contribution in [0, 0.1) is 0 Å². The lowest BCUT2D eigenvalue weighted by molar-refractivity contribution is -0.00000167.